The van der Waals surface area contributed by atoms with Gasteiger partial charge in [-0.25, -0.2) is 3.96 Å². The molecule has 1 heterocycles. The Morgan fingerprint density at radius 1 is 1.00 bits per heavy atom. The number of benzene rings is 2. The molecule has 0 N–H and O–H groups in total. The summed E-state index contributed by atoms with van der Waals surface area (Å²) >= 11 is 3.74. The van der Waals surface area contributed by atoms with E-state index in [4.69, 9.17) is 0 Å². The van der Waals surface area contributed by atoms with Crippen molar-refractivity contribution < 1.29 is 0 Å². The highest BCUT2D eigenvalue weighted by molar-refractivity contribution is 14.1. The number of nitrogens with zero attached hydrogens (tertiary/aromatic N) is 1. The Morgan fingerprint density at radius 2 is 1.71 bits per heavy atom. The van der Waals surface area contributed by atoms with E-state index in [0.29, 0.717) is 0 Å². The van der Waals surface area contributed by atoms with Gasteiger partial charge in [0.05, 0.1) is 15.8 Å². The molecule has 2 nitrogen and oxygen atoms in total. The molecule has 0 atom stereocenters. The van der Waals surface area contributed by atoms with E-state index in [2.05, 4.69) is 22.6 Å². The number of fused-ring (bicyclic) bond motifs is 1. The summed E-state index contributed by atoms with van der Waals surface area (Å²) in [6, 6.07) is 15.7. The molecule has 0 aliphatic carbocycles. The monoisotopic (exact) mass is 353 g/mol. The van der Waals surface area contributed by atoms with Crippen molar-refractivity contribution in [1.82, 2.24) is 3.96 Å². The SMILES string of the molecule is O=c1c2ccccc2sn1-c1ccc(I)cc1. The summed E-state index contributed by atoms with van der Waals surface area (Å²) in [6.07, 6.45) is 0. The lowest BCUT2D eigenvalue weighted by molar-refractivity contribution is 1.14. The summed E-state index contributed by atoms with van der Waals surface area (Å²) in [5.74, 6) is 0. The van der Waals surface area contributed by atoms with Crippen LogP contribution in [0.25, 0.3) is 15.8 Å². The number of halogens is 1. The zero-order chi connectivity index (χ0) is 11.8. The average molecular weight is 353 g/mol. The fourth-order valence-corrected chi connectivity index (χ4v) is 3.08. The van der Waals surface area contributed by atoms with Crippen LogP contribution in [0.1, 0.15) is 0 Å². The molecule has 0 spiro atoms. The molecule has 3 rings (SSSR count). The standard InChI is InChI=1S/C13H8INOS/c14-9-5-7-10(8-6-9)15-13(16)11-3-1-2-4-12(11)17-15/h1-8H. The Labute approximate surface area is 116 Å². The summed E-state index contributed by atoms with van der Waals surface area (Å²) in [4.78, 5) is 12.2. The number of rotatable bonds is 1. The first-order valence-corrected chi connectivity index (χ1v) is 6.98. The van der Waals surface area contributed by atoms with Gasteiger partial charge < -0.3 is 0 Å². The predicted molar refractivity (Wildman–Crippen MR) is 80.1 cm³/mol. The quantitative estimate of drug-likeness (QED) is 0.612. The van der Waals surface area contributed by atoms with Crippen LogP contribution in [0.4, 0.5) is 0 Å². The minimum Gasteiger partial charge on any atom is -0.267 e. The van der Waals surface area contributed by atoms with Crippen LogP contribution in [0.5, 0.6) is 0 Å². The van der Waals surface area contributed by atoms with Crippen molar-refractivity contribution in [3.05, 3.63) is 62.5 Å². The molecule has 0 aliphatic rings. The zero-order valence-electron chi connectivity index (χ0n) is 8.76. The van der Waals surface area contributed by atoms with Gasteiger partial charge in [-0.3, -0.25) is 4.79 Å². The molecule has 0 unspecified atom stereocenters. The van der Waals surface area contributed by atoms with Crippen LogP contribution in [0.15, 0.2) is 53.3 Å². The number of aromatic nitrogens is 1. The lowest BCUT2D eigenvalue weighted by Crippen LogP contribution is -2.10. The van der Waals surface area contributed by atoms with Crippen LogP contribution >= 0.6 is 34.1 Å². The average Bonchev–Trinajstić information content (AvgIpc) is 2.69. The van der Waals surface area contributed by atoms with Gasteiger partial charge in [0.15, 0.2) is 0 Å². The van der Waals surface area contributed by atoms with Gasteiger partial charge in [-0.2, -0.15) is 0 Å². The Hall–Kier alpha value is -1.14. The molecule has 0 amide bonds. The van der Waals surface area contributed by atoms with Gasteiger partial charge in [-0.15, -0.1) is 0 Å². The van der Waals surface area contributed by atoms with Crippen molar-refractivity contribution in [3.63, 3.8) is 0 Å². The molecule has 4 heteroatoms. The summed E-state index contributed by atoms with van der Waals surface area (Å²) in [6.45, 7) is 0. The minimum absolute atomic E-state index is 0.0619. The lowest BCUT2D eigenvalue weighted by atomic mass is 10.3. The van der Waals surface area contributed by atoms with Crippen LogP contribution < -0.4 is 5.56 Å². The van der Waals surface area contributed by atoms with E-state index >= 15 is 0 Å². The van der Waals surface area contributed by atoms with Gasteiger partial charge in [0.25, 0.3) is 5.56 Å². The lowest BCUT2D eigenvalue weighted by Gasteiger charge is -1.99. The first-order chi connectivity index (χ1) is 8.25. The van der Waals surface area contributed by atoms with Crippen LogP contribution in [-0.4, -0.2) is 3.96 Å². The molecule has 0 saturated carbocycles. The van der Waals surface area contributed by atoms with E-state index in [9.17, 15) is 4.79 Å². The van der Waals surface area contributed by atoms with E-state index in [1.54, 1.807) is 3.96 Å². The number of hydrogen-bond acceptors (Lipinski definition) is 2. The van der Waals surface area contributed by atoms with Crippen molar-refractivity contribution >= 4 is 44.2 Å². The molecular weight excluding hydrogens is 345 g/mol. The third-order valence-electron chi connectivity index (χ3n) is 2.55. The fraction of sp³-hybridized carbons (Fsp3) is 0. The van der Waals surface area contributed by atoms with Gasteiger partial charge in [0.1, 0.15) is 0 Å². The highest BCUT2D eigenvalue weighted by Crippen LogP contribution is 2.20. The van der Waals surface area contributed by atoms with Crippen molar-refractivity contribution in [1.29, 1.82) is 0 Å². The van der Waals surface area contributed by atoms with E-state index in [0.717, 1.165) is 15.8 Å². The fourth-order valence-electron chi connectivity index (χ4n) is 1.72. The number of hydrogen-bond donors (Lipinski definition) is 0. The first kappa shape index (κ1) is 11.0. The summed E-state index contributed by atoms with van der Waals surface area (Å²) in [5.41, 5.74) is 0.989. The van der Waals surface area contributed by atoms with Crippen molar-refractivity contribution in [2.45, 2.75) is 0 Å². The molecule has 0 radical (unpaired) electrons. The molecule has 3 aromatic rings. The van der Waals surface area contributed by atoms with E-state index in [-0.39, 0.29) is 5.56 Å². The van der Waals surface area contributed by atoms with Gasteiger partial charge in [-0.05, 0) is 59.0 Å². The van der Waals surface area contributed by atoms with E-state index in [1.165, 1.54) is 15.1 Å². The van der Waals surface area contributed by atoms with Gasteiger partial charge in [0, 0.05) is 3.57 Å². The second-order valence-corrected chi connectivity index (χ2v) is 5.90. The Kier molecular flexibility index (Phi) is 2.76. The summed E-state index contributed by atoms with van der Waals surface area (Å²) in [5, 5.41) is 0.788. The third-order valence-corrected chi connectivity index (χ3v) is 4.38. The van der Waals surface area contributed by atoms with Gasteiger partial charge >= 0.3 is 0 Å². The minimum atomic E-state index is 0.0619. The maximum atomic E-state index is 12.2. The largest absolute Gasteiger partial charge is 0.273 e. The molecule has 84 valence electrons. The maximum Gasteiger partial charge on any atom is 0.273 e. The molecule has 0 fully saturated rings. The van der Waals surface area contributed by atoms with Gasteiger partial charge in [-0.1, -0.05) is 23.7 Å². The second-order valence-electron chi connectivity index (χ2n) is 3.66. The highest BCUT2D eigenvalue weighted by atomic mass is 127. The highest BCUT2D eigenvalue weighted by Gasteiger charge is 2.07. The van der Waals surface area contributed by atoms with Crippen LogP contribution in [0.2, 0.25) is 0 Å². The Morgan fingerprint density at radius 3 is 2.41 bits per heavy atom. The molecular formula is C13H8INOS. The predicted octanol–water partition coefficient (Wildman–Crippen LogP) is 3.66. The van der Waals surface area contributed by atoms with Crippen molar-refractivity contribution in [2.75, 3.05) is 0 Å². The smallest absolute Gasteiger partial charge is 0.267 e. The van der Waals surface area contributed by atoms with Crippen molar-refractivity contribution in [3.8, 4) is 5.69 Å². The second kappa shape index (κ2) is 4.27. The van der Waals surface area contributed by atoms with E-state index < -0.39 is 0 Å². The third kappa shape index (κ3) is 1.91. The Bertz CT molecular complexity index is 727. The van der Waals surface area contributed by atoms with Crippen LogP contribution in [-0.2, 0) is 0 Å². The topological polar surface area (TPSA) is 22.0 Å². The molecule has 17 heavy (non-hydrogen) atoms. The molecule has 0 saturated heterocycles. The van der Waals surface area contributed by atoms with Crippen LogP contribution in [0.3, 0.4) is 0 Å². The normalized spacial score (nSPS) is 10.9. The maximum absolute atomic E-state index is 12.2. The summed E-state index contributed by atoms with van der Waals surface area (Å²) in [7, 11) is 0. The van der Waals surface area contributed by atoms with Gasteiger partial charge in [0.2, 0.25) is 0 Å². The first-order valence-electron chi connectivity index (χ1n) is 5.13. The molecule has 2 aromatic carbocycles. The van der Waals surface area contributed by atoms with Crippen LogP contribution in [0, 0.1) is 3.57 Å². The molecule has 0 bridgehead atoms. The van der Waals surface area contributed by atoms with E-state index in [1.807, 2.05) is 48.5 Å². The van der Waals surface area contributed by atoms with Crippen molar-refractivity contribution in [2.24, 2.45) is 0 Å². The molecule has 0 aliphatic heterocycles. The molecule has 1 aromatic heterocycles. The summed E-state index contributed by atoms with van der Waals surface area (Å²) < 4.78 is 3.93. The Balaban J connectivity index is 2.27. The zero-order valence-corrected chi connectivity index (χ0v) is 11.7.